The van der Waals surface area contributed by atoms with Gasteiger partial charge in [-0.1, -0.05) is 13.8 Å². The predicted molar refractivity (Wildman–Crippen MR) is 68.8 cm³/mol. The summed E-state index contributed by atoms with van der Waals surface area (Å²) in [5.74, 6) is 1.94. The van der Waals surface area contributed by atoms with E-state index >= 15 is 0 Å². The lowest BCUT2D eigenvalue weighted by atomic mass is 9.92. The second-order valence-electron chi connectivity index (χ2n) is 5.32. The van der Waals surface area contributed by atoms with E-state index < -0.39 is 0 Å². The molecule has 3 heterocycles. The largest absolute Gasteiger partial charge is 0.350 e. The van der Waals surface area contributed by atoms with Crippen LogP contribution in [0, 0.1) is 11.8 Å². The molecule has 0 spiro atoms. The highest BCUT2D eigenvalue weighted by Gasteiger charge is 2.24. The van der Waals surface area contributed by atoms with E-state index in [9.17, 15) is 4.79 Å². The summed E-state index contributed by atoms with van der Waals surface area (Å²) in [6, 6.07) is 1.73. The van der Waals surface area contributed by atoms with Crippen LogP contribution in [0.2, 0.25) is 0 Å². The molecule has 0 radical (unpaired) electrons. The van der Waals surface area contributed by atoms with Crippen molar-refractivity contribution in [3.8, 4) is 0 Å². The van der Waals surface area contributed by atoms with Crippen molar-refractivity contribution < 1.29 is 0 Å². The summed E-state index contributed by atoms with van der Waals surface area (Å²) in [5, 5.41) is 6.44. The topological polar surface area (TPSA) is 66.3 Å². The van der Waals surface area contributed by atoms with Gasteiger partial charge in [0.25, 0.3) is 0 Å². The van der Waals surface area contributed by atoms with Gasteiger partial charge in [-0.3, -0.25) is 0 Å². The Morgan fingerprint density at radius 3 is 2.78 bits per heavy atom. The van der Waals surface area contributed by atoms with Gasteiger partial charge in [0.05, 0.1) is 0 Å². The van der Waals surface area contributed by atoms with E-state index in [2.05, 4.69) is 33.9 Å². The van der Waals surface area contributed by atoms with Gasteiger partial charge in [-0.05, 0) is 18.3 Å². The molecular formula is C12H17N5O. The molecule has 2 aromatic rings. The number of hydrogen-bond acceptors (Lipinski definition) is 4. The summed E-state index contributed by atoms with van der Waals surface area (Å²) < 4.78 is 1.55. The fraction of sp³-hybridized carbons (Fsp3) is 0.583. The maximum absolute atomic E-state index is 11.8. The van der Waals surface area contributed by atoms with E-state index in [1.165, 1.54) is 6.42 Å². The molecule has 2 unspecified atom stereocenters. The van der Waals surface area contributed by atoms with Gasteiger partial charge >= 0.3 is 5.69 Å². The lowest BCUT2D eigenvalue weighted by molar-refractivity contribution is 0.353. The van der Waals surface area contributed by atoms with Crippen molar-refractivity contribution in [2.24, 2.45) is 11.8 Å². The number of nitrogens with zero attached hydrogens (tertiary/aromatic N) is 4. The van der Waals surface area contributed by atoms with Crippen LogP contribution in [-0.4, -0.2) is 32.7 Å². The third-order valence-electron chi connectivity index (χ3n) is 3.46. The van der Waals surface area contributed by atoms with Crippen molar-refractivity contribution in [1.29, 1.82) is 0 Å². The Morgan fingerprint density at radius 2 is 2.06 bits per heavy atom. The van der Waals surface area contributed by atoms with Gasteiger partial charge in [0.1, 0.15) is 0 Å². The Balaban J connectivity index is 2.08. The number of nitrogens with one attached hydrogen (secondary N) is 1. The summed E-state index contributed by atoms with van der Waals surface area (Å²) in [5.41, 5.74) is 0.398. The molecule has 1 aliphatic heterocycles. The molecule has 3 rings (SSSR count). The minimum atomic E-state index is -0.223. The maximum Gasteiger partial charge on any atom is 0.350 e. The Morgan fingerprint density at radius 1 is 1.33 bits per heavy atom. The number of aromatic amines is 1. The molecule has 18 heavy (non-hydrogen) atoms. The summed E-state index contributed by atoms with van der Waals surface area (Å²) in [4.78, 5) is 18.3. The molecule has 1 N–H and O–H groups in total. The van der Waals surface area contributed by atoms with Gasteiger partial charge in [-0.15, -0.1) is 0 Å². The lowest BCUT2D eigenvalue weighted by Gasteiger charge is -2.35. The fourth-order valence-corrected chi connectivity index (χ4v) is 2.89. The van der Waals surface area contributed by atoms with Crippen LogP contribution in [0.25, 0.3) is 5.65 Å². The van der Waals surface area contributed by atoms with Gasteiger partial charge in [-0.25, -0.2) is 19.3 Å². The molecule has 0 amide bonds. The van der Waals surface area contributed by atoms with Crippen molar-refractivity contribution in [3.63, 3.8) is 0 Å². The molecule has 6 heteroatoms. The number of hydrogen-bond donors (Lipinski definition) is 1. The zero-order valence-electron chi connectivity index (χ0n) is 10.6. The van der Waals surface area contributed by atoms with Gasteiger partial charge in [0.2, 0.25) is 5.95 Å². The second kappa shape index (κ2) is 4.12. The van der Waals surface area contributed by atoms with Crippen molar-refractivity contribution in [3.05, 3.63) is 22.7 Å². The highest BCUT2D eigenvalue weighted by atomic mass is 16.1. The molecule has 0 bridgehead atoms. The van der Waals surface area contributed by atoms with E-state index in [4.69, 9.17) is 0 Å². The van der Waals surface area contributed by atoms with Crippen molar-refractivity contribution in [2.45, 2.75) is 20.3 Å². The number of fused-ring (bicyclic) bond motifs is 1. The monoisotopic (exact) mass is 247 g/mol. The van der Waals surface area contributed by atoms with Crippen molar-refractivity contribution in [2.75, 3.05) is 18.0 Å². The summed E-state index contributed by atoms with van der Waals surface area (Å²) in [6.07, 6.45) is 2.93. The second-order valence-corrected chi connectivity index (χ2v) is 5.32. The van der Waals surface area contributed by atoms with Crippen LogP contribution in [0.3, 0.4) is 0 Å². The van der Waals surface area contributed by atoms with Crippen LogP contribution in [0.15, 0.2) is 17.1 Å². The predicted octanol–water partition coefficient (Wildman–Crippen LogP) is 0.900. The summed E-state index contributed by atoms with van der Waals surface area (Å²) >= 11 is 0. The van der Waals surface area contributed by atoms with Gasteiger partial charge in [0.15, 0.2) is 5.65 Å². The molecule has 2 atom stereocenters. The zero-order valence-corrected chi connectivity index (χ0v) is 10.6. The third kappa shape index (κ3) is 1.77. The molecule has 0 aromatic carbocycles. The number of H-pyrrole nitrogens is 1. The van der Waals surface area contributed by atoms with Crippen molar-refractivity contribution in [1.82, 2.24) is 19.6 Å². The SMILES string of the molecule is CC1CC(C)CN(c2nccc3n[nH]c(=O)n23)C1. The number of aromatic nitrogens is 4. The Bertz CT molecular complexity index is 606. The zero-order chi connectivity index (χ0) is 12.7. The van der Waals surface area contributed by atoms with Crippen LogP contribution in [0.4, 0.5) is 5.95 Å². The summed E-state index contributed by atoms with van der Waals surface area (Å²) in [7, 11) is 0. The Hall–Kier alpha value is -1.85. The molecule has 96 valence electrons. The molecule has 6 nitrogen and oxygen atoms in total. The average Bonchev–Trinajstić information content (AvgIpc) is 2.70. The standard InChI is InChI=1S/C12H17N5O/c1-8-5-9(2)7-16(6-8)11-13-4-3-10-14-15-12(18)17(10)11/h3-4,8-9H,5-7H2,1-2H3,(H,15,18). The lowest BCUT2D eigenvalue weighted by Crippen LogP contribution is -2.41. The molecule has 1 saturated heterocycles. The molecular weight excluding hydrogens is 230 g/mol. The van der Waals surface area contributed by atoms with Crippen molar-refractivity contribution >= 4 is 11.6 Å². The van der Waals surface area contributed by atoms with Crippen LogP contribution >= 0.6 is 0 Å². The molecule has 1 aliphatic rings. The van der Waals surface area contributed by atoms with Gasteiger partial charge in [0, 0.05) is 25.4 Å². The number of piperidine rings is 1. The summed E-state index contributed by atoms with van der Waals surface area (Å²) in [6.45, 7) is 6.35. The molecule has 0 aliphatic carbocycles. The van der Waals surface area contributed by atoms with Crippen LogP contribution in [0.1, 0.15) is 20.3 Å². The van der Waals surface area contributed by atoms with E-state index in [-0.39, 0.29) is 5.69 Å². The van der Waals surface area contributed by atoms with E-state index in [0.717, 1.165) is 13.1 Å². The first kappa shape index (κ1) is 11.3. The first-order chi connectivity index (χ1) is 8.65. The highest BCUT2D eigenvalue weighted by Crippen LogP contribution is 2.24. The Labute approximate surface area is 105 Å². The van der Waals surface area contributed by atoms with Crippen LogP contribution < -0.4 is 10.6 Å². The maximum atomic E-state index is 11.8. The van der Waals surface area contributed by atoms with Gasteiger partial charge in [-0.2, -0.15) is 5.10 Å². The minimum Gasteiger partial charge on any atom is -0.341 e. The normalized spacial score (nSPS) is 24.7. The highest BCUT2D eigenvalue weighted by molar-refractivity contribution is 5.45. The molecule has 1 fully saturated rings. The first-order valence-corrected chi connectivity index (χ1v) is 6.32. The van der Waals surface area contributed by atoms with Crippen LogP contribution in [0.5, 0.6) is 0 Å². The molecule has 0 saturated carbocycles. The Kier molecular flexibility index (Phi) is 2.57. The smallest absolute Gasteiger partial charge is 0.341 e. The average molecular weight is 247 g/mol. The van der Waals surface area contributed by atoms with E-state index in [0.29, 0.717) is 23.4 Å². The number of anilines is 1. The quantitative estimate of drug-likeness (QED) is 0.813. The van der Waals surface area contributed by atoms with E-state index in [1.54, 1.807) is 16.7 Å². The first-order valence-electron chi connectivity index (χ1n) is 6.32. The van der Waals surface area contributed by atoms with E-state index in [1.807, 2.05) is 0 Å². The third-order valence-corrected chi connectivity index (χ3v) is 3.46. The fourth-order valence-electron chi connectivity index (χ4n) is 2.89. The van der Waals surface area contributed by atoms with Crippen LogP contribution in [-0.2, 0) is 0 Å². The number of rotatable bonds is 1. The van der Waals surface area contributed by atoms with Gasteiger partial charge < -0.3 is 4.90 Å². The minimum absolute atomic E-state index is 0.223. The molecule has 2 aromatic heterocycles.